The molecule has 9 heteroatoms. The van der Waals surface area contributed by atoms with Gasteiger partial charge < -0.3 is 14.4 Å². The average molecular weight is 319 g/mol. The Morgan fingerprint density at radius 3 is 2.36 bits per heavy atom. The lowest BCUT2D eigenvalue weighted by molar-refractivity contribution is 0.0526. The van der Waals surface area contributed by atoms with E-state index in [1.807, 2.05) is 0 Å². The maximum Gasteiger partial charge on any atom is 0.344 e. The number of hydrogen-bond acceptors (Lipinski definition) is 5. The molecule has 118 valence electrons. The van der Waals surface area contributed by atoms with Gasteiger partial charge in [0.25, 0.3) is 0 Å². The Balaban J connectivity index is 2.77. The number of carbonyl (C=O) groups is 1. The molecule has 2 aromatic rings. The first-order chi connectivity index (χ1) is 10.3. The predicted molar refractivity (Wildman–Crippen MR) is 64.1 cm³/mol. The number of halogens is 4. The predicted octanol–water partition coefficient (Wildman–Crippen LogP) is 3.09. The minimum absolute atomic E-state index is 0.0382. The molecule has 1 heterocycles. The van der Waals surface area contributed by atoms with Crippen molar-refractivity contribution in [2.75, 3.05) is 6.61 Å². The third kappa shape index (κ3) is 2.28. The van der Waals surface area contributed by atoms with Crippen LogP contribution >= 0.6 is 0 Å². The van der Waals surface area contributed by atoms with Crippen LogP contribution < -0.4 is 0 Å². The summed E-state index contributed by atoms with van der Waals surface area (Å²) in [4.78, 5) is 11.8. The number of benzene rings is 1. The van der Waals surface area contributed by atoms with Gasteiger partial charge in [-0.3, -0.25) is 0 Å². The second-order valence-electron chi connectivity index (χ2n) is 4.17. The minimum Gasteiger partial charge on any atom is -0.504 e. The quantitative estimate of drug-likeness (QED) is 0.407. The normalized spacial score (nSPS) is 10.8. The van der Waals surface area contributed by atoms with Crippen molar-refractivity contribution in [3.63, 3.8) is 0 Å². The van der Waals surface area contributed by atoms with E-state index >= 15 is 0 Å². The maximum atomic E-state index is 13.8. The average Bonchev–Trinajstić information content (AvgIpc) is 2.85. The van der Waals surface area contributed by atoms with Crippen LogP contribution in [0.2, 0.25) is 0 Å². The number of ether oxygens (including phenoxy) is 1. The molecule has 0 atom stereocenters. The van der Waals surface area contributed by atoms with E-state index in [-0.39, 0.29) is 12.3 Å². The van der Waals surface area contributed by atoms with Crippen LogP contribution in [-0.2, 0) is 4.74 Å². The summed E-state index contributed by atoms with van der Waals surface area (Å²) in [7, 11) is 0. The molecule has 0 aliphatic carbocycles. The number of hydrogen-bond donors (Lipinski definition) is 1. The molecular formula is C13H9F4NO4. The van der Waals surface area contributed by atoms with Crippen molar-refractivity contribution in [3.8, 4) is 17.1 Å². The van der Waals surface area contributed by atoms with Gasteiger partial charge in [0.15, 0.2) is 23.1 Å². The lowest BCUT2D eigenvalue weighted by Crippen LogP contribution is -2.08. The topological polar surface area (TPSA) is 72.6 Å². The fraction of sp³-hybridized carbons (Fsp3) is 0.231. The van der Waals surface area contributed by atoms with Crippen LogP contribution in [0.25, 0.3) is 11.3 Å². The Morgan fingerprint density at radius 2 is 1.77 bits per heavy atom. The number of aromatic hydroxyl groups is 1. The zero-order chi connectivity index (χ0) is 16.6. The molecule has 1 aromatic heterocycles. The van der Waals surface area contributed by atoms with Gasteiger partial charge in [-0.2, -0.15) is 4.39 Å². The van der Waals surface area contributed by atoms with E-state index in [9.17, 15) is 27.5 Å². The van der Waals surface area contributed by atoms with E-state index in [0.717, 1.165) is 0 Å². The Hall–Kier alpha value is -2.58. The zero-order valence-corrected chi connectivity index (χ0v) is 11.3. The summed E-state index contributed by atoms with van der Waals surface area (Å²) in [5, 5.41) is 12.9. The fourth-order valence-corrected chi connectivity index (χ4v) is 1.81. The van der Waals surface area contributed by atoms with E-state index in [2.05, 4.69) is 14.4 Å². The van der Waals surface area contributed by atoms with Gasteiger partial charge in [0.2, 0.25) is 11.6 Å². The van der Waals surface area contributed by atoms with Crippen molar-refractivity contribution in [3.05, 3.63) is 34.5 Å². The second-order valence-corrected chi connectivity index (χ2v) is 4.17. The molecule has 0 bridgehead atoms. The lowest BCUT2D eigenvalue weighted by atomic mass is 10.0. The summed E-state index contributed by atoms with van der Waals surface area (Å²) in [6, 6.07) is 0. The summed E-state index contributed by atoms with van der Waals surface area (Å²) in [6.45, 7) is 2.75. The molecule has 0 amide bonds. The summed E-state index contributed by atoms with van der Waals surface area (Å²) in [5.41, 5.74) is -1.64. The van der Waals surface area contributed by atoms with Gasteiger partial charge in [-0.25, -0.2) is 18.0 Å². The molecule has 5 nitrogen and oxygen atoms in total. The summed E-state index contributed by atoms with van der Waals surface area (Å²) < 4.78 is 63.0. The molecule has 0 saturated carbocycles. The SMILES string of the molecule is CCOC(=O)c1c(C)noc1-c1c(O)c(F)c(F)c(F)c1F. The van der Waals surface area contributed by atoms with Crippen LogP contribution in [0.4, 0.5) is 17.6 Å². The lowest BCUT2D eigenvalue weighted by Gasteiger charge is -2.08. The molecule has 0 radical (unpaired) electrons. The van der Waals surface area contributed by atoms with Gasteiger partial charge in [-0.05, 0) is 13.8 Å². The highest BCUT2D eigenvalue weighted by molar-refractivity contribution is 5.97. The molecule has 0 spiro atoms. The Kier molecular flexibility index (Phi) is 4.07. The third-order valence-electron chi connectivity index (χ3n) is 2.81. The largest absolute Gasteiger partial charge is 0.504 e. The highest BCUT2D eigenvalue weighted by Gasteiger charge is 2.33. The van der Waals surface area contributed by atoms with Crippen molar-refractivity contribution in [1.29, 1.82) is 0 Å². The molecule has 1 N–H and O–H groups in total. The number of nitrogens with zero attached hydrogens (tertiary/aromatic N) is 1. The summed E-state index contributed by atoms with van der Waals surface area (Å²) in [5.74, 6) is -11.6. The van der Waals surface area contributed by atoms with E-state index in [0.29, 0.717) is 0 Å². The number of rotatable bonds is 3. The van der Waals surface area contributed by atoms with Gasteiger partial charge >= 0.3 is 5.97 Å². The number of phenolic OH excluding ortho intramolecular Hbond substituents is 1. The number of esters is 1. The van der Waals surface area contributed by atoms with E-state index in [4.69, 9.17) is 0 Å². The maximum absolute atomic E-state index is 13.8. The number of phenols is 1. The molecule has 22 heavy (non-hydrogen) atoms. The van der Waals surface area contributed by atoms with Crippen molar-refractivity contribution in [1.82, 2.24) is 5.16 Å². The summed E-state index contributed by atoms with van der Waals surface area (Å²) >= 11 is 0. The van der Waals surface area contributed by atoms with Crippen LogP contribution in [0.15, 0.2) is 4.52 Å². The first kappa shape index (κ1) is 15.8. The first-order valence-corrected chi connectivity index (χ1v) is 5.99. The third-order valence-corrected chi connectivity index (χ3v) is 2.81. The van der Waals surface area contributed by atoms with Gasteiger partial charge in [-0.15, -0.1) is 0 Å². The number of aryl methyl sites for hydroxylation is 1. The number of carbonyl (C=O) groups excluding carboxylic acids is 1. The van der Waals surface area contributed by atoms with Gasteiger partial charge in [0, 0.05) is 0 Å². The van der Waals surface area contributed by atoms with E-state index in [1.54, 1.807) is 0 Å². The van der Waals surface area contributed by atoms with Crippen LogP contribution in [0.3, 0.4) is 0 Å². The van der Waals surface area contributed by atoms with Crippen molar-refractivity contribution in [2.45, 2.75) is 13.8 Å². The Morgan fingerprint density at radius 1 is 1.18 bits per heavy atom. The van der Waals surface area contributed by atoms with Crippen molar-refractivity contribution in [2.24, 2.45) is 0 Å². The second kappa shape index (κ2) is 5.66. The van der Waals surface area contributed by atoms with Gasteiger partial charge in [0.05, 0.1) is 12.3 Å². The minimum atomic E-state index is -2.19. The monoisotopic (exact) mass is 319 g/mol. The molecule has 0 fully saturated rings. The van der Waals surface area contributed by atoms with E-state index < -0.39 is 51.9 Å². The van der Waals surface area contributed by atoms with Gasteiger partial charge in [0.1, 0.15) is 11.1 Å². The fourth-order valence-electron chi connectivity index (χ4n) is 1.81. The van der Waals surface area contributed by atoms with Crippen molar-refractivity contribution >= 4 is 5.97 Å². The van der Waals surface area contributed by atoms with Crippen LogP contribution in [0.1, 0.15) is 23.0 Å². The standard InChI is InChI=1S/C13H9F4NO4/c1-3-21-13(20)5-4(2)18-22-12(5)6-7(14)8(15)9(16)10(17)11(6)19/h19H,3H2,1-2H3. The smallest absolute Gasteiger partial charge is 0.344 e. The highest BCUT2D eigenvalue weighted by Crippen LogP contribution is 2.39. The van der Waals surface area contributed by atoms with Crippen molar-refractivity contribution < 1.29 is 36.7 Å². The first-order valence-electron chi connectivity index (χ1n) is 5.99. The Bertz CT molecular complexity index is 728. The molecule has 2 rings (SSSR count). The zero-order valence-electron chi connectivity index (χ0n) is 11.3. The molecule has 0 aliphatic heterocycles. The highest BCUT2D eigenvalue weighted by atomic mass is 19.2. The molecular weight excluding hydrogens is 310 g/mol. The molecule has 0 aliphatic rings. The van der Waals surface area contributed by atoms with Gasteiger partial charge in [-0.1, -0.05) is 5.16 Å². The summed E-state index contributed by atoms with van der Waals surface area (Å²) in [6.07, 6.45) is 0. The van der Waals surface area contributed by atoms with Crippen LogP contribution in [0, 0.1) is 30.2 Å². The Labute approximate surface area is 121 Å². The van der Waals surface area contributed by atoms with Crippen LogP contribution in [0.5, 0.6) is 5.75 Å². The van der Waals surface area contributed by atoms with Crippen LogP contribution in [-0.4, -0.2) is 22.8 Å². The molecule has 0 unspecified atom stereocenters. The number of aromatic nitrogens is 1. The molecule has 0 saturated heterocycles. The van der Waals surface area contributed by atoms with E-state index in [1.165, 1.54) is 13.8 Å². The molecule has 1 aromatic carbocycles.